The van der Waals surface area contributed by atoms with Gasteiger partial charge in [0.2, 0.25) is 11.8 Å². The monoisotopic (exact) mass is 756 g/mol. The zero-order chi connectivity index (χ0) is 39.1. The predicted molar refractivity (Wildman–Crippen MR) is 208 cm³/mol. The van der Waals surface area contributed by atoms with Gasteiger partial charge in [0.05, 0.1) is 36.3 Å². The van der Waals surface area contributed by atoms with Crippen molar-refractivity contribution in [3.05, 3.63) is 87.6 Å². The van der Waals surface area contributed by atoms with Crippen LogP contribution in [-0.4, -0.2) is 101 Å². The van der Waals surface area contributed by atoms with Gasteiger partial charge in [-0.15, -0.1) is 0 Å². The largest absolute Gasteiger partial charge is 0.496 e. The van der Waals surface area contributed by atoms with Crippen LogP contribution >= 0.6 is 0 Å². The second kappa shape index (κ2) is 15.0. The van der Waals surface area contributed by atoms with Gasteiger partial charge in [0.1, 0.15) is 17.5 Å². The van der Waals surface area contributed by atoms with Crippen molar-refractivity contribution in [1.29, 1.82) is 0 Å². The number of hydrogen-bond acceptors (Lipinski definition) is 10. The van der Waals surface area contributed by atoms with E-state index in [1.165, 1.54) is 0 Å². The van der Waals surface area contributed by atoms with E-state index in [1.54, 1.807) is 56.4 Å². The third kappa shape index (κ3) is 6.84. The molecule has 0 aliphatic carbocycles. The number of fused-ring (bicyclic) bond motifs is 2. The Labute approximate surface area is 324 Å². The summed E-state index contributed by atoms with van der Waals surface area (Å²) in [5.74, 6) is 5.80. The van der Waals surface area contributed by atoms with E-state index in [1.807, 2.05) is 24.4 Å². The normalized spacial score (nSPS) is 19.4. The Morgan fingerprint density at radius 2 is 1.62 bits per heavy atom. The van der Waals surface area contributed by atoms with E-state index in [9.17, 15) is 24.0 Å². The maximum absolute atomic E-state index is 13.1. The summed E-state index contributed by atoms with van der Waals surface area (Å²) >= 11 is 0. The molecular formula is C43H44N6O7. The average Bonchev–Trinajstić information content (AvgIpc) is 3.43. The minimum atomic E-state index is -0.985. The number of hydrogen-bond donors (Lipinski definition) is 1. The summed E-state index contributed by atoms with van der Waals surface area (Å²) in [6.45, 7) is 5.85. The van der Waals surface area contributed by atoms with Gasteiger partial charge in [-0.05, 0) is 98.1 Å². The number of benzene rings is 2. The fraction of sp³-hybridized carbons (Fsp3) is 0.395. The van der Waals surface area contributed by atoms with Crippen LogP contribution in [0.15, 0.2) is 59.8 Å². The Morgan fingerprint density at radius 3 is 2.34 bits per heavy atom. The number of ether oxygens (including phenoxy) is 2. The SMILES string of the molecule is COc1cc(-c2cn(C)c(=O)c3cnccc23)cc(OC)c1CN1CCC2(CC1)CN(CCCC#Cc1ccc3c(c1)C(=O)N(C1CCC(=O)NC1=O)C3=O)C2. The Kier molecular flexibility index (Phi) is 9.94. The highest BCUT2D eigenvalue weighted by Crippen LogP contribution is 2.43. The standard InChI is InChI=1S/C43H44N6O7/c1-46-23-33(29-12-15-44-22-32(29)40(46)52)28-20-36(55-2)34(37(21-28)56-3)24-47-17-13-43(14-18-47)25-48(26-43)16-6-4-5-7-27-8-9-30-31(19-27)42(54)49(41(30)53)35-10-11-38(50)45-39(35)51/h8-9,12,15,19-23,35H,4,6,10-11,13-14,16-18,24-26H2,1-3H3,(H,45,50,51). The van der Waals surface area contributed by atoms with Crippen molar-refractivity contribution in [2.45, 2.75) is 51.1 Å². The summed E-state index contributed by atoms with van der Waals surface area (Å²) in [6.07, 6.45) is 9.27. The molecule has 0 saturated carbocycles. The van der Waals surface area contributed by atoms with Crippen molar-refractivity contribution in [1.82, 2.24) is 29.6 Å². The molecule has 1 N–H and O–H groups in total. The number of aromatic nitrogens is 2. The molecule has 4 amide bonds. The van der Waals surface area contributed by atoms with Crippen molar-refractivity contribution in [2.75, 3.05) is 46.9 Å². The highest BCUT2D eigenvalue weighted by atomic mass is 16.5. The summed E-state index contributed by atoms with van der Waals surface area (Å²) in [4.78, 5) is 72.9. The molecule has 4 aromatic rings. The summed E-state index contributed by atoms with van der Waals surface area (Å²) in [7, 11) is 5.12. The molecule has 8 rings (SSSR count). The molecule has 1 spiro atoms. The van der Waals surface area contributed by atoms with Crippen LogP contribution in [0.4, 0.5) is 0 Å². The third-order valence-corrected chi connectivity index (χ3v) is 11.8. The minimum absolute atomic E-state index is 0.0828. The third-order valence-electron chi connectivity index (χ3n) is 11.8. The van der Waals surface area contributed by atoms with E-state index >= 15 is 0 Å². The van der Waals surface area contributed by atoms with Crippen molar-refractivity contribution in [2.24, 2.45) is 12.5 Å². The van der Waals surface area contributed by atoms with E-state index in [0.29, 0.717) is 22.8 Å². The number of nitrogens with one attached hydrogen (secondary N) is 1. The number of piperidine rings is 2. The van der Waals surface area contributed by atoms with Crippen molar-refractivity contribution < 1.29 is 28.7 Å². The number of aryl methyl sites for hydroxylation is 1. The topological polar surface area (TPSA) is 143 Å². The number of unbranched alkanes of at least 4 members (excludes halogenated alkanes) is 1. The van der Waals surface area contributed by atoms with Crippen LogP contribution in [-0.2, 0) is 23.2 Å². The summed E-state index contributed by atoms with van der Waals surface area (Å²) in [5.41, 5.74) is 4.22. The molecule has 13 heteroatoms. The number of methoxy groups -OCH3 is 2. The number of imide groups is 2. The van der Waals surface area contributed by atoms with E-state index in [0.717, 1.165) is 97.0 Å². The molecule has 13 nitrogen and oxygen atoms in total. The lowest BCUT2D eigenvalue weighted by Gasteiger charge is -2.54. The second-order valence-electron chi connectivity index (χ2n) is 15.3. The van der Waals surface area contributed by atoms with Gasteiger partial charge < -0.3 is 18.9 Å². The maximum Gasteiger partial charge on any atom is 0.262 e. The van der Waals surface area contributed by atoms with Crippen LogP contribution in [0.3, 0.4) is 0 Å². The first-order valence-electron chi connectivity index (χ1n) is 19.1. The van der Waals surface area contributed by atoms with Crippen molar-refractivity contribution in [3.8, 4) is 34.5 Å². The highest BCUT2D eigenvalue weighted by molar-refractivity contribution is 6.23. The number of amides is 4. The Balaban J connectivity index is 0.824. The van der Waals surface area contributed by atoms with Gasteiger partial charge in [-0.2, -0.15) is 0 Å². The molecule has 1 atom stereocenters. The Bertz CT molecular complexity index is 2370. The van der Waals surface area contributed by atoms with Gasteiger partial charge >= 0.3 is 0 Å². The molecule has 1 unspecified atom stereocenters. The predicted octanol–water partition coefficient (Wildman–Crippen LogP) is 3.75. The van der Waals surface area contributed by atoms with Crippen LogP contribution in [0, 0.1) is 17.3 Å². The van der Waals surface area contributed by atoms with Gasteiger partial charge in [0, 0.05) is 69.2 Å². The van der Waals surface area contributed by atoms with Gasteiger partial charge in [0.25, 0.3) is 17.4 Å². The first-order chi connectivity index (χ1) is 27.1. The van der Waals surface area contributed by atoms with E-state index in [2.05, 4.69) is 31.9 Å². The number of carbonyl (C=O) groups excluding carboxylic acids is 4. The van der Waals surface area contributed by atoms with Gasteiger partial charge in [0.15, 0.2) is 0 Å². The average molecular weight is 757 g/mol. The maximum atomic E-state index is 13.1. The fourth-order valence-corrected chi connectivity index (χ4v) is 8.73. The molecule has 3 fully saturated rings. The Hall–Kier alpha value is -5.84. The molecule has 4 aliphatic heterocycles. The second-order valence-corrected chi connectivity index (χ2v) is 15.3. The van der Waals surface area contributed by atoms with Gasteiger partial charge in [-0.3, -0.25) is 44.1 Å². The smallest absolute Gasteiger partial charge is 0.262 e. The zero-order valence-electron chi connectivity index (χ0n) is 31.9. The minimum Gasteiger partial charge on any atom is -0.496 e. The van der Waals surface area contributed by atoms with Gasteiger partial charge in [-0.25, -0.2) is 0 Å². The first-order valence-corrected chi connectivity index (χ1v) is 19.1. The molecule has 6 heterocycles. The molecule has 288 valence electrons. The Morgan fingerprint density at radius 1 is 0.893 bits per heavy atom. The fourth-order valence-electron chi connectivity index (χ4n) is 8.73. The highest BCUT2D eigenvalue weighted by Gasteiger charge is 2.45. The van der Waals surface area contributed by atoms with Crippen LogP contribution in [0.5, 0.6) is 11.5 Å². The number of rotatable bonds is 9. The van der Waals surface area contributed by atoms with Crippen molar-refractivity contribution in [3.63, 3.8) is 0 Å². The molecule has 56 heavy (non-hydrogen) atoms. The number of likely N-dealkylation sites (tertiary alicyclic amines) is 2. The molecular weight excluding hydrogens is 713 g/mol. The van der Waals surface area contributed by atoms with E-state index in [4.69, 9.17) is 9.47 Å². The lowest BCUT2D eigenvalue weighted by molar-refractivity contribution is -0.136. The molecule has 4 aliphatic rings. The molecule has 3 saturated heterocycles. The molecule has 2 aromatic carbocycles. The number of carbonyl (C=O) groups is 4. The number of nitrogens with zero attached hydrogens (tertiary/aromatic N) is 5. The lowest BCUT2D eigenvalue weighted by atomic mass is 9.72. The van der Waals surface area contributed by atoms with Crippen molar-refractivity contribution >= 4 is 34.4 Å². The quantitative estimate of drug-likeness (QED) is 0.153. The summed E-state index contributed by atoms with van der Waals surface area (Å²) in [5, 5.41) is 3.62. The molecule has 0 bridgehead atoms. The molecule has 0 radical (unpaired) electrons. The van der Waals surface area contributed by atoms with Gasteiger partial charge in [-0.1, -0.05) is 11.8 Å². The number of pyridine rings is 2. The summed E-state index contributed by atoms with van der Waals surface area (Å²) in [6, 6.07) is 9.89. The van der Waals surface area contributed by atoms with E-state index < -0.39 is 29.7 Å². The lowest BCUT2D eigenvalue weighted by Crippen LogP contribution is -2.60. The zero-order valence-corrected chi connectivity index (χ0v) is 31.9. The van der Waals surface area contributed by atoms with Crippen LogP contribution in [0.2, 0.25) is 0 Å². The summed E-state index contributed by atoms with van der Waals surface area (Å²) < 4.78 is 13.4. The van der Waals surface area contributed by atoms with Crippen LogP contribution in [0.25, 0.3) is 21.9 Å². The van der Waals surface area contributed by atoms with Crippen LogP contribution in [0.1, 0.15) is 70.4 Å². The van der Waals surface area contributed by atoms with Crippen LogP contribution < -0.4 is 20.3 Å². The molecule has 2 aromatic heterocycles. The van der Waals surface area contributed by atoms with E-state index in [-0.39, 0.29) is 29.5 Å². The first kappa shape index (κ1) is 37.1.